The van der Waals surface area contributed by atoms with Gasteiger partial charge in [0.25, 0.3) is 0 Å². The number of rotatable bonds is 3. The summed E-state index contributed by atoms with van der Waals surface area (Å²) in [6, 6.07) is 3.50. The SMILES string of the molecule is CC(C)(C)CNc1nc(Cl)nc(-c2cccc(C(F)(F)F)n2)n1. The summed E-state index contributed by atoms with van der Waals surface area (Å²) in [5.74, 6) is 0.168. The van der Waals surface area contributed by atoms with Crippen LogP contribution in [0.1, 0.15) is 26.5 Å². The number of hydrogen-bond donors (Lipinski definition) is 1. The predicted octanol–water partition coefficient (Wildman–Crippen LogP) is 4.06. The highest BCUT2D eigenvalue weighted by Crippen LogP contribution is 2.29. The van der Waals surface area contributed by atoms with Gasteiger partial charge in [0.2, 0.25) is 11.2 Å². The molecule has 0 amide bonds. The third-order valence-electron chi connectivity index (χ3n) is 2.65. The van der Waals surface area contributed by atoms with Crippen LogP contribution in [0.25, 0.3) is 11.5 Å². The molecule has 0 aliphatic rings. The van der Waals surface area contributed by atoms with Crippen molar-refractivity contribution >= 4 is 17.5 Å². The van der Waals surface area contributed by atoms with E-state index in [4.69, 9.17) is 11.6 Å². The van der Waals surface area contributed by atoms with Gasteiger partial charge in [-0.25, -0.2) is 4.98 Å². The fourth-order valence-corrected chi connectivity index (χ4v) is 1.77. The lowest BCUT2D eigenvalue weighted by atomic mass is 9.97. The number of halogens is 4. The number of nitrogens with zero attached hydrogens (tertiary/aromatic N) is 4. The fraction of sp³-hybridized carbons (Fsp3) is 0.429. The molecule has 0 aliphatic carbocycles. The van der Waals surface area contributed by atoms with E-state index in [0.29, 0.717) is 6.54 Å². The summed E-state index contributed by atoms with van der Waals surface area (Å²) in [5, 5.41) is 2.86. The maximum Gasteiger partial charge on any atom is 0.433 e. The number of aromatic nitrogens is 4. The third kappa shape index (κ3) is 5.02. The topological polar surface area (TPSA) is 63.6 Å². The molecule has 2 heterocycles. The molecule has 0 radical (unpaired) electrons. The quantitative estimate of drug-likeness (QED) is 0.908. The summed E-state index contributed by atoms with van der Waals surface area (Å²) < 4.78 is 38.2. The van der Waals surface area contributed by atoms with Gasteiger partial charge in [0.05, 0.1) is 0 Å². The number of anilines is 1. The van der Waals surface area contributed by atoms with E-state index < -0.39 is 11.9 Å². The molecule has 9 heteroatoms. The van der Waals surface area contributed by atoms with E-state index in [9.17, 15) is 13.2 Å². The van der Waals surface area contributed by atoms with Gasteiger partial charge in [0.1, 0.15) is 11.4 Å². The maximum absolute atomic E-state index is 12.7. The van der Waals surface area contributed by atoms with Crippen molar-refractivity contribution < 1.29 is 13.2 Å². The van der Waals surface area contributed by atoms with Gasteiger partial charge in [0, 0.05) is 6.54 Å². The van der Waals surface area contributed by atoms with Crippen LogP contribution in [-0.2, 0) is 6.18 Å². The monoisotopic (exact) mass is 345 g/mol. The first-order valence-electron chi connectivity index (χ1n) is 6.75. The molecule has 0 atom stereocenters. The molecule has 0 saturated carbocycles. The zero-order valence-corrected chi connectivity index (χ0v) is 13.5. The Morgan fingerprint density at radius 3 is 2.35 bits per heavy atom. The normalized spacial score (nSPS) is 12.3. The van der Waals surface area contributed by atoms with Crippen LogP contribution in [0.2, 0.25) is 5.28 Å². The molecule has 0 bridgehead atoms. The van der Waals surface area contributed by atoms with Gasteiger partial charge in [-0.3, -0.25) is 0 Å². The Morgan fingerprint density at radius 1 is 1.04 bits per heavy atom. The minimum atomic E-state index is -4.54. The highest BCUT2D eigenvalue weighted by molar-refractivity contribution is 6.28. The van der Waals surface area contributed by atoms with Crippen molar-refractivity contribution in [3.63, 3.8) is 0 Å². The van der Waals surface area contributed by atoms with E-state index >= 15 is 0 Å². The molecule has 0 aromatic carbocycles. The first-order chi connectivity index (χ1) is 10.5. The second kappa shape index (κ2) is 6.27. The number of nitrogens with one attached hydrogen (secondary N) is 1. The fourth-order valence-electron chi connectivity index (χ4n) is 1.61. The van der Waals surface area contributed by atoms with E-state index in [1.807, 2.05) is 20.8 Å². The smallest absolute Gasteiger partial charge is 0.354 e. The van der Waals surface area contributed by atoms with Crippen LogP contribution in [-0.4, -0.2) is 26.5 Å². The first-order valence-corrected chi connectivity index (χ1v) is 7.12. The van der Waals surface area contributed by atoms with Crippen molar-refractivity contribution in [2.24, 2.45) is 5.41 Å². The molecule has 1 N–H and O–H groups in total. The Hall–Kier alpha value is -1.96. The van der Waals surface area contributed by atoms with Gasteiger partial charge < -0.3 is 5.32 Å². The molecule has 2 aromatic heterocycles. The predicted molar refractivity (Wildman–Crippen MR) is 81.0 cm³/mol. The summed E-state index contributed by atoms with van der Waals surface area (Å²) in [6.07, 6.45) is -4.54. The molecule has 0 aliphatic heterocycles. The van der Waals surface area contributed by atoms with Crippen molar-refractivity contribution in [2.45, 2.75) is 26.9 Å². The van der Waals surface area contributed by atoms with Crippen LogP contribution in [0.5, 0.6) is 0 Å². The highest BCUT2D eigenvalue weighted by Gasteiger charge is 2.32. The Bertz CT molecular complexity index is 698. The van der Waals surface area contributed by atoms with Gasteiger partial charge in [-0.15, -0.1) is 0 Å². The van der Waals surface area contributed by atoms with Gasteiger partial charge in [-0.2, -0.15) is 28.1 Å². The second-order valence-electron chi connectivity index (χ2n) is 6.07. The summed E-state index contributed by atoms with van der Waals surface area (Å²) in [6.45, 7) is 6.59. The molecular formula is C14H15ClF3N5. The van der Waals surface area contributed by atoms with Gasteiger partial charge in [0.15, 0.2) is 5.82 Å². The minimum Gasteiger partial charge on any atom is -0.354 e. The lowest BCUT2D eigenvalue weighted by molar-refractivity contribution is -0.141. The van der Waals surface area contributed by atoms with E-state index in [1.54, 1.807) is 0 Å². The second-order valence-corrected chi connectivity index (χ2v) is 6.41. The van der Waals surface area contributed by atoms with Crippen LogP contribution in [0.4, 0.5) is 19.1 Å². The van der Waals surface area contributed by atoms with Crippen LogP contribution in [0.15, 0.2) is 18.2 Å². The van der Waals surface area contributed by atoms with Crippen LogP contribution in [0.3, 0.4) is 0 Å². The number of hydrogen-bond acceptors (Lipinski definition) is 5. The molecule has 0 unspecified atom stereocenters. The molecular weight excluding hydrogens is 331 g/mol. The Labute approximate surface area is 136 Å². The van der Waals surface area contributed by atoms with Crippen molar-refractivity contribution in [1.82, 2.24) is 19.9 Å². The van der Waals surface area contributed by atoms with Gasteiger partial charge in [-0.05, 0) is 29.1 Å². The Kier molecular flexibility index (Phi) is 4.74. The Balaban J connectivity index is 2.35. The molecule has 23 heavy (non-hydrogen) atoms. The first kappa shape index (κ1) is 17.4. The molecule has 0 saturated heterocycles. The number of pyridine rings is 1. The lowest BCUT2D eigenvalue weighted by Gasteiger charge is -2.18. The van der Waals surface area contributed by atoms with E-state index in [1.165, 1.54) is 12.1 Å². The van der Waals surface area contributed by atoms with Crippen LogP contribution >= 0.6 is 11.6 Å². The lowest BCUT2D eigenvalue weighted by Crippen LogP contribution is -2.20. The zero-order valence-electron chi connectivity index (χ0n) is 12.7. The molecule has 124 valence electrons. The molecule has 0 spiro atoms. The average molecular weight is 346 g/mol. The van der Waals surface area contributed by atoms with Crippen molar-refractivity contribution in [3.05, 3.63) is 29.2 Å². The number of alkyl halides is 3. The third-order valence-corrected chi connectivity index (χ3v) is 2.82. The zero-order chi connectivity index (χ0) is 17.3. The largest absolute Gasteiger partial charge is 0.433 e. The maximum atomic E-state index is 12.7. The minimum absolute atomic E-state index is 0.0208. The molecule has 0 fully saturated rings. The molecule has 2 rings (SSSR count). The van der Waals surface area contributed by atoms with Gasteiger partial charge in [-0.1, -0.05) is 26.8 Å². The molecule has 2 aromatic rings. The van der Waals surface area contributed by atoms with Crippen molar-refractivity contribution in [3.8, 4) is 11.5 Å². The summed E-state index contributed by atoms with van der Waals surface area (Å²) in [5.41, 5.74) is -1.08. The van der Waals surface area contributed by atoms with E-state index in [-0.39, 0.29) is 28.2 Å². The summed E-state index contributed by atoms with van der Waals surface area (Å²) in [7, 11) is 0. The van der Waals surface area contributed by atoms with E-state index in [0.717, 1.165) is 6.07 Å². The molecule has 5 nitrogen and oxygen atoms in total. The highest BCUT2D eigenvalue weighted by atomic mass is 35.5. The van der Waals surface area contributed by atoms with Crippen molar-refractivity contribution in [1.29, 1.82) is 0 Å². The Morgan fingerprint density at radius 2 is 1.74 bits per heavy atom. The average Bonchev–Trinajstić information content (AvgIpc) is 2.43. The van der Waals surface area contributed by atoms with Gasteiger partial charge >= 0.3 is 6.18 Å². The van der Waals surface area contributed by atoms with Crippen LogP contribution < -0.4 is 5.32 Å². The standard InChI is InChI=1S/C14H15ClF3N5/c1-13(2,3)7-19-12-22-10(21-11(15)23-12)8-5-4-6-9(20-8)14(16,17)18/h4-6H,7H2,1-3H3,(H,19,21,22,23). The summed E-state index contributed by atoms with van der Waals surface area (Å²) in [4.78, 5) is 15.4. The van der Waals surface area contributed by atoms with Crippen molar-refractivity contribution in [2.75, 3.05) is 11.9 Å². The van der Waals surface area contributed by atoms with Crippen LogP contribution in [0, 0.1) is 5.41 Å². The van der Waals surface area contributed by atoms with E-state index in [2.05, 4.69) is 25.3 Å². The summed E-state index contributed by atoms with van der Waals surface area (Å²) >= 11 is 5.83.